The SMILES string of the molecule is CCc1cnc(CCNC(=NC)NCCc2cnn(-c3ccccc3)c2)s1. The van der Waals surface area contributed by atoms with Crippen LogP contribution in [0.2, 0.25) is 0 Å². The average molecular weight is 383 g/mol. The summed E-state index contributed by atoms with van der Waals surface area (Å²) in [6.45, 7) is 3.78. The van der Waals surface area contributed by atoms with E-state index in [0.717, 1.165) is 44.0 Å². The smallest absolute Gasteiger partial charge is 0.191 e. The first-order valence-corrected chi connectivity index (χ1v) is 10.1. The maximum atomic E-state index is 4.45. The Labute approximate surface area is 164 Å². The molecule has 142 valence electrons. The molecule has 27 heavy (non-hydrogen) atoms. The molecule has 0 amide bonds. The molecular weight excluding hydrogens is 356 g/mol. The Kier molecular flexibility index (Phi) is 6.98. The van der Waals surface area contributed by atoms with Crippen LogP contribution in [-0.4, -0.2) is 40.9 Å². The van der Waals surface area contributed by atoms with Gasteiger partial charge in [0.05, 0.1) is 16.9 Å². The van der Waals surface area contributed by atoms with Crippen LogP contribution in [0.5, 0.6) is 0 Å². The largest absolute Gasteiger partial charge is 0.356 e. The number of aliphatic imine (C=N–C) groups is 1. The Morgan fingerprint density at radius 3 is 2.59 bits per heavy atom. The molecule has 6 nitrogen and oxygen atoms in total. The van der Waals surface area contributed by atoms with E-state index in [2.05, 4.69) is 38.8 Å². The van der Waals surface area contributed by atoms with E-state index in [9.17, 15) is 0 Å². The van der Waals surface area contributed by atoms with Gasteiger partial charge in [0.1, 0.15) is 0 Å². The van der Waals surface area contributed by atoms with E-state index in [1.165, 1.54) is 15.4 Å². The van der Waals surface area contributed by atoms with Crippen molar-refractivity contribution >= 4 is 17.3 Å². The predicted octanol–water partition coefficient (Wildman–Crippen LogP) is 2.84. The first kappa shape index (κ1) is 19.1. The lowest BCUT2D eigenvalue weighted by molar-refractivity contribution is 0.782. The molecule has 1 aromatic carbocycles. The third-order valence-electron chi connectivity index (χ3n) is 4.17. The molecule has 2 N–H and O–H groups in total. The van der Waals surface area contributed by atoms with Crippen LogP contribution < -0.4 is 10.6 Å². The summed E-state index contributed by atoms with van der Waals surface area (Å²) in [6, 6.07) is 10.1. The van der Waals surface area contributed by atoms with Crippen LogP contribution in [-0.2, 0) is 19.3 Å². The highest BCUT2D eigenvalue weighted by Crippen LogP contribution is 2.13. The van der Waals surface area contributed by atoms with Crippen molar-refractivity contribution in [1.29, 1.82) is 0 Å². The number of aryl methyl sites for hydroxylation is 1. The van der Waals surface area contributed by atoms with Gasteiger partial charge in [-0.05, 0) is 30.5 Å². The Hall–Kier alpha value is -2.67. The van der Waals surface area contributed by atoms with Crippen LogP contribution in [0.15, 0.2) is 53.9 Å². The highest BCUT2D eigenvalue weighted by Gasteiger charge is 2.04. The number of hydrogen-bond donors (Lipinski definition) is 2. The number of guanidine groups is 1. The summed E-state index contributed by atoms with van der Waals surface area (Å²) in [4.78, 5) is 10.1. The van der Waals surface area contributed by atoms with Gasteiger partial charge < -0.3 is 10.6 Å². The molecule has 0 bridgehead atoms. The fourth-order valence-electron chi connectivity index (χ4n) is 2.67. The van der Waals surface area contributed by atoms with Crippen LogP contribution in [0.3, 0.4) is 0 Å². The fourth-order valence-corrected chi connectivity index (χ4v) is 3.53. The first-order chi connectivity index (χ1) is 13.3. The van der Waals surface area contributed by atoms with Crippen molar-refractivity contribution in [3.05, 3.63) is 64.4 Å². The third-order valence-corrected chi connectivity index (χ3v) is 5.37. The Morgan fingerprint density at radius 1 is 1.11 bits per heavy atom. The summed E-state index contributed by atoms with van der Waals surface area (Å²) in [5, 5.41) is 12.3. The summed E-state index contributed by atoms with van der Waals surface area (Å²) in [7, 11) is 1.79. The topological polar surface area (TPSA) is 67.1 Å². The second-order valence-electron chi connectivity index (χ2n) is 6.13. The molecular formula is C20H26N6S. The zero-order chi connectivity index (χ0) is 18.9. The summed E-state index contributed by atoms with van der Waals surface area (Å²) in [5.41, 5.74) is 2.26. The normalized spacial score (nSPS) is 11.6. The lowest BCUT2D eigenvalue weighted by atomic mass is 10.2. The predicted molar refractivity (Wildman–Crippen MR) is 112 cm³/mol. The van der Waals surface area contributed by atoms with E-state index in [0.29, 0.717) is 0 Å². The summed E-state index contributed by atoms with van der Waals surface area (Å²) in [5.74, 6) is 0.817. The van der Waals surface area contributed by atoms with Crippen molar-refractivity contribution < 1.29 is 0 Å². The standard InChI is InChI=1S/C20H26N6S/c1-3-18-14-24-19(27-18)10-12-23-20(21-2)22-11-9-16-13-25-26(15-16)17-7-5-4-6-8-17/h4-8,13-15H,3,9-12H2,1-2H3,(H2,21,22,23). The number of hydrogen-bond acceptors (Lipinski definition) is 4. The third kappa shape index (κ3) is 5.65. The molecule has 0 saturated heterocycles. The minimum atomic E-state index is 0.803. The van der Waals surface area contributed by atoms with Gasteiger partial charge in [-0.3, -0.25) is 4.99 Å². The van der Waals surface area contributed by atoms with Crippen LogP contribution >= 0.6 is 11.3 Å². The second-order valence-corrected chi connectivity index (χ2v) is 7.33. The molecule has 0 saturated carbocycles. The first-order valence-electron chi connectivity index (χ1n) is 9.25. The quantitative estimate of drug-likeness (QED) is 0.464. The van der Waals surface area contributed by atoms with E-state index in [1.54, 1.807) is 18.4 Å². The van der Waals surface area contributed by atoms with Gasteiger partial charge >= 0.3 is 0 Å². The lowest BCUT2D eigenvalue weighted by Gasteiger charge is -2.10. The Morgan fingerprint density at radius 2 is 1.89 bits per heavy atom. The second kappa shape index (κ2) is 9.87. The molecule has 3 rings (SSSR count). The minimum absolute atomic E-state index is 0.803. The molecule has 0 aliphatic heterocycles. The molecule has 0 atom stereocenters. The van der Waals surface area contributed by atoms with Gasteiger partial charge in [0.2, 0.25) is 0 Å². The highest BCUT2D eigenvalue weighted by atomic mass is 32.1. The van der Waals surface area contributed by atoms with E-state index >= 15 is 0 Å². The van der Waals surface area contributed by atoms with E-state index < -0.39 is 0 Å². The van der Waals surface area contributed by atoms with Crippen molar-refractivity contribution in [1.82, 2.24) is 25.4 Å². The number of thiazole rings is 1. The summed E-state index contributed by atoms with van der Waals surface area (Å²) in [6.07, 6.45) is 8.81. The molecule has 0 aliphatic carbocycles. The van der Waals surface area contributed by atoms with Gasteiger partial charge in [-0.1, -0.05) is 25.1 Å². The van der Waals surface area contributed by atoms with Crippen molar-refractivity contribution in [2.75, 3.05) is 20.1 Å². The van der Waals surface area contributed by atoms with Crippen molar-refractivity contribution in [2.45, 2.75) is 26.2 Å². The molecule has 3 aromatic rings. The number of nitrogens with one attached hydrogen (secondary N) is 2. The minimum Gasteiger partial charge on any atom is -0.356 e. The van der Waals surface area contributed by atoms with Gasteiger partial charge in [0.25, 0.3) is 0 Å². The fraction of sp³-hybridized carbons (Fsp3) is 0.350. The van der Waals surface area contributed by atoms with E-state index in [1.807, 2.05) is 47.4 Å². The molecule has 7 heteroatoms. The monoisotopic (exact) mass is 382 g/mol. The molecule has 2 aromatic heterocycles. The molecule has 0 aliphatic rings. The van der Waals surface area contributed by atoms with Crippen molar-refractivity contribution in [3.8, 4) is 5.69 Å². The van der Waals surface area contributed by atoms with Crippen molar-refractivity contribution in [2.24, 2.45) is 4.99 Å². The highest BCUT2D eigenvalue weighted by molar-refractivity contribution is 7.11. The van der Waals surface area contributed by atoms with Gasteiger partial charge in [-0.2, -0.15) is 5.10 Å². The van der Waals surface area contributed by atoms with Crippen molar-refractivity contribution in [3.63, 3.8) is 0 Å². The zero-order valence-corrected chi connectivity index (χ0v) is 16.7. The van der Waals surface area contributed by atoms with Gasteiger partial charge in [-0.25, -0.2) is 9.67 Å². The molecule has 0 radical (unpaired) electrons. The Bertz CT molecular complexity index is 852. The van der Waals surface area contributed by atoms with Crippen LogP contribution in [0.4, 0.5) is 0 Å². The van der Waals surface area contributed by atoms with Gasteiger partial charge in [0, 0.05) is 43.8 Å². The maximum Gasteiger partial charge on any atom is 0.191 e. The average Bonchev–Trinajstić information content (AvgIpc) is 3.37. The molecule has 0 fully saturated rings. The van der Waals surface area contributed by atoms with E-state index in [-0.39, 0.29) is 0 Å². The zero-order valence-electron chi connectivity index (χ0n) is 15.9. The number of rotatable bonds is 8. The number of para-hydroxylation sites is 1. The molecule has 0 spiro atoms. The number of benzene rings is 1. The number of nitrogens with zero attached hydrogens (tertiary/aromatic N) is 4. The van der Waals surface area contributed by atoms with Gasteiger partial charge in [-0.15, -0.1) is 11.3 Å². The summed E-state index contributed by atoms with van der Waals surface area (Å²) < 4.78 is 1.90. The van der Waals surface area contributed by atoms with Crippen LogP contribution in [0.25, 0.3) is 5.69 Å². The lowest BCUT2D eigenvalue weighted by Crippen LogP contribution is -2.39. The molecule has 0 unspecified atom stereocenters. The van der Waals surface area contributed by atoms with Gasteiger partial charge in [0.15, 0.2) is 5.96 Å². The van der Waals surface area contributed by atoms with Crippen LogP contribution in [0.1, 0.15) is 22.4 Å². The maximum absolute atomic E-state index is 4.45. The summed E-state index contributed by atoms with van der Waals surface area (Å²) >= 11 is 1.79. The van der Waals surface area contributed by atoms with Crippen LogP contribution in [0, 0.1) is 0 Å². The molecule has 2 heterocycles. The Balaban J connectivity index is 1.40. The van der Waals surface area contributed by atoms with E-state index in [4.69, 9.17) is 0 Å². The number of aromatic nitrogens is 3.